The molecule has 36 heavy (non-hydrogen) atoms. The van der Waals surface area contributed by atoms with Crippen LogP contribution in [0.4, 0.5) is 33.7 Å². The van der Waals surface area contributed by atoms with E-state index in [0.29, 0.717) is 50.5 Å². The number of urea groups is 1. The first-order valence-electron chi connectivity index (χ1n) is 10.9. The van der Waals surface area contributed by atoms with Crippen LogP contribution in [0.1, 0.15) is 12.8 Å². The van der Waals surface area contributed by atoms with Gasteiger partial charge in [-0.15, -0.1) is 0 Å². The number of ether oxygens (including phenoxy) is 1. The van der Waals surface area contributed by atoms with E-state index in [-0.39, 0.29) is 23.3 Å². The van der Waals surface area contributed by atoms with Crippen LogP contribution in [-0.4, -0.2) is 65.4 Å². The number of halogens is 4. The Morgan fingerprint density at radius 3 is 2.33 bits per heavy atom. The number of aliphatic carboxylic acids is 1. The fourth-order valence-corrected chi connectivity index (χ4v) is 4.20. The number of hydrogen-bond acceptors (Lipinski definition) is 5. The van der Waals surface area contributed by atoms with Gasteiger partial charge in [0.25, 0.3) is 0 Å². The molecule has 3 heterocycles. The number of pyridine rings is 1. The van der Waals surface area contributed by atoms with Crippen molar-refractivity contribution in [3.63, 3.8) is 0 Å². The maximum atomic E-state index is 13.4. The highest BCUT2D eigenvalue weighted by Crippen LogP contribution is 2.45. The van der Waals surface area contributed by atoms with Crippen molar-refractivity contribution in [2.75, 3.05) is 36.9 Å². The summed E-state index contributed by atoms with van der Waals surface area (Å²) in [5.41, 5.74) is 0.686. The van der Waals surface area contributed by atoms with Crippen molar-refractivity contribution < 1.29 is 41.8 Å². The van der Waals surface area contributed by atoms with Crippen molar-refractivity contribution in [3.8, 4) is 0 Å². The molecule has 1 aromatic heterocycles. The van der Waals surface area contributed by atoms with Gasteiger partial charge >= 0.3 is 18.2 Å². The van der Waals surface area contributed by atoms with Gasteiger partial charge in [-0.3, -0.25) is 9.78 Å². The summed E-state index contributed by atoms with van der Waals surface area (Å²) >= 11 is 0. The molecule has 3 amide bonds. The molecule has 2 aliphatic rings. The van der Waals surface area contributed by atoms with E-state index in [4.69, 9.17) is 14.6 Å². The van der Waals surface area contributed by atoms with E-state index >= 15 is 0 Å². The number of hydrogen-bond donors (Lipinski definition) is 3. The van der Waals surface area contributed by atoms with Gasteiger partial charge in [-0.25, -0.2) is 14.0 Å². The molecule has 1 atom stereocenters. The molecule has 2 fully saturated rings. The number of likely N-dealkylation sites (tertiary alicyclic amines) is 1. The molecule has 0 bridgehead atoms. The molecular formula is C23H24F4N4O5. The predicted molar refractivity (Wildman–Crippen MR) is 120 cm³/mol. The lowest BCUT2D eigenvalue weighted by atomic mass is 9.71. The number of rotatable bonds is 3. The van der Waals surface area contributed by atoms with Crippen LogP contribution in [0.3, 0.4) is 0 Å². The number of aromatic nitrogens is 1. The zero-order valence-corrected chi connectivity index (χ0v) is 18.9. The molecule has 0 saturated carbocycles. The average Bonchev–Trinajstić information content (AvgIpc) is 3.19. The number of alkyl halides is 3. The van der Waals surface area contributed by atoms with E-state index in [2.05, 4.69) is 15.6 Å². The van der Waals surface area contributed by atoms with Crippen LogP contribution in [0.15, 0.2) is 48.8 Å². The molecule has 9 nitrogen and oxygen atoms in total. The molecule has 2 aromatic rings. The second-order valence-electron chi connectivity index (χ2n) is 8.38. The Hall–Kier alpha value is -3.74. The van der Waals surface area contributed by atoms with Crippen molar-refractivity contribution in [2.24, 2.45) is 11.3 Å². The van der Waals surface area contributed by atoms with Gasteiger partial charge in [0.1, 0.15) is 5.82 Å². The number of carbonyl (C=O) groups is 3. The summed E-state index contributed by atoms with van der Waals surface area (Å²) in [5, 5.41) is 12.8. The van der Waals surface area contributed by atoms with Crippen LogP contribution in [-0.2, 0) is 14.3 Å². The Morgan fingerprint density at radius 1 is 1.08 bits per heavy atom. The number of carbonyl (C=O) groups excluding carboxylic acids is 2. The minimum atomic E-state index is -5.08. The first-order chi connectivity index (χ1) is 17.0. The molecule has 194 valence electrons. The molecule has 0 radical (unpaired) electrons. The quantitative estimate of drug-likeness (QED) is 0.539. The van der Waals surface area contributed by atoms with Crippen LogP contribution < -0.4 is 10.6 Å². The molecule has 3 N–H and O–H groups in total. The third-order valence-corrected chi connectivity index (χ3v) is 5.99. The predicted octanol–water partition coefficient (Wildman–Crippen LogP) is 3.75. The SMILES string of the molecule is O=C(Nc1cccnc1)C1CN(C(=O)Nc2cccc(F)c2)CC12CCOCC2.O=C(O)C(F)(F)F. The number of amides is 3. The average molecular weight is 512 g/mol. The minimum Gasteiger partial charge on any atom is -0.475 e. The summed E-state index contributed by atoms with van der Waals surface area (Å²) in [5.74, 6) is -3.66. The summed E-state index contributed by atoms with van der Waals surface area (Å²) in [7, 11) is 0. The normalized spacial score (nSPS) is 18.7. The number of nitrogens with zero attached hydrogens (tertiary/aromatic N) is 2. The highest BCUT2D eigenvalue weighted by atomic mass is 19.4. The molecule has 13 heteroatoms. The van der Waals surface area contributed by atoms with Crippen molar-refractivity contribution in [3.05, 3.63) is 54.6 Å². The van der Waals surface area contributed by atoms with Crippen molar-refractivity contribution >= 4 is 29.3 Å². The summed E-state index contributed by atoms with van der Waals surface area (Å²) in [6.45, 7) is 1.89. The molecule has 1 spiro atoms. The largest absolute Gasteiger partial charge is 0.490 e. The Labute approximate surface area is 203 Å². The topological polar surface area (TPSA) is 121 Å². The maximum absolute atomic E-state index is 13.4. The lowest BCUT2D eigenvalue weighted by Gasteiger charge is -2.37. The lowest BCUT2D eigenvalue weighted by molar-refractivity contribution is -0.192. The fourth-order valence-electron chi connectivity index (χ4n) is 4.20. The van der Waals surface area contributed by atoms with Crippen LogP contribution in [0, 0.1) is 17.2 Å². The van der Waals surface area contributed by atoms with Crippen LogP contribution >= 0.6 is 0 Å². The maximum Gasteiger partial charge on any atom is 0.490 e. The van der Waals surface area contributed by atoms with Gasteiger partial charge < -0.3 is 25.4 Å². The second kappa shape index (κ2) is 11.3. The third kappa shape index (κ3) is 6.90. The van der Waals surface area contributed by atoms with Gasteiger partial charge in [-0.1, -0.05) is 6.07 Å². The van der Waals surface area contributed by atoms with Crippen molar-refractivity contribution in [1.29, 1.82) is 0 Å². The number of carboxylic acids is 1. The Balaban J connectivity index is 0.000000454. The van der Waals surface area contributed by atoms with Gasteiger partial charge in [0.2, 0.25) is 5.91 Å². The van der Waals surface area contributed by atoms with Gasteiger partial charge in [0.15, 0.2) is 0 Å². The van der Waals surface area contributed by atoms with Crippen LogP contribution in [0.5, 0.6) is 0 Å². The van der Waals surface area contributed by atoms with Crippen molar-refractivity contribution in [2.45, 2.75) is 19.0 Å². The van der Waals surface area contributed by atoms with E-state index < -0.39 is 18.0 Å². The number of anilines is 2. The van der Waals surface area contributed by atoms with Gasteiger partial charge in [-0.05, 0) is 43.2 Å². The number of carboxylic acid groups (broad SMARTS) is 1. The van der Waals surface area contributed by atoms with Gasteiger partial charge in [-0.2, -0.15) is 13.2 Å². The Morgan fingerprint density at radius 2 is 1.75 bits per heavy atom. The Bertz CT molecular complexity index is 1080. The highest BCUT2D eigenvalue weighted by molar-refractivity contribution is 5.95. The summed E-state index contributed by atoms with van der Waals surface area (Å²) in [6, 6.07) is 8.97. The molecular weight excluding hydrogens is 488 g/mol. The molecule has 1 unspecified atom stereocenters. The zero-order chi connectivity index (χ0) is 26.3. The van der Waals surface area contributed by atoms with E-state index in [1.165, 1.54) is 12.1 Å². The zero-order valence-electron chi connectivity index (χ0n) is 18.9. The first-order valence-corrected chi connectivity index (χ1v) is 10.9. The van der Waals surface area contributed by atoms with Crippen molar-refractivity contribution in [1.82, 2.24) is 9.88 Å². The summed E-state index contributed by atoms with van der Waals surface area (Å²) in [4.78, 5) is 40.4. The smallest absolute Gasteiger partial charge is 0.475 e. The molecule has 1 aromatic carbocycles. The molecule has 2 aliphatic heterocycles. The fraction of sp³-hybridized carbons (Fsp3) is 0.391. The second-order valence-corrected chi connectivity index (χ2v) is 8.38. The Kier molecular flexibility index (Phi) is 8.45. The van der Waals surface area contributed by atoms with Crippen LogP contribution in [0.25, 0.3) is 0 Å². The minimum absolute atomic E-state index is 0.124. The van der Waals surface area contributed by atoms with Crippen LogP contribution in [0.2, 0.25) is 0 Å². The summed E-state index contributed by atoms with van der Waals surface area (Å²) in [6.07, 6.45) is -0.425. The molecule has 0 aliphatic carbocycles. The first kappa shape index (κ1) is 26.9. The monoisotopic (exact) mass is 512 g/mol. The lowest BCUT2D eigenvalue weighted by Crippen LogP contribution is -2.42. The highest BCUT2D eigenvalue weighted by Gasteiger charge is 2.51. The molecule has 2 saturated heterocycles. The van der Waals surface area contributed by atoms with Gasteiger partial charge in [0.05, 0.1) is 17.8 Å². The van der Waals surface area contributed by atoms with Gasteiger partial charge in [0, 0.05) is 43.6 Å². The number of nitrogens with one attached hydrogen (secondary N) is 2. The van der Waals surface area contributed by atoms with E-state index in [9.17, 15) is 27.2 Å². The van der Waals surface area contributed by atoms with E-state index in [0.717, 1.165) is 0 Å². The standard InChI is InChI=1S/C21H23FN4O3.C2HF3O2/c22-15-3-1-4-16(11-15)25-20(28)26-13-18(21(14-26)6-9-29-10-7-21)19(27)24-17-5-2-8-23-12-17;3-2(4,5)1(6)7/h1-5,8,11-12,18H,6-7,9-10,13-14H2,(H,24,27)(H,25,28);(H,6,7). The summed E-state index contributed by atoms with van der Waals surface area (Å²) < 4.78 is 50.7. The third-order valence-electron chi connectivity index (χ3n) is 5.99. The van der Waals surface area contributed by atoms with E-state index in [1.807, 2.05) is 0 Å². The van der Waals surface area contributed by atoms with E-state index in [1.54, 1.807) is 41.6 Å². The molecule has 4 rings (SSSR count). The number of benzene rings is 1.